The average Bonchev–Trinajstić information content (AvgIpc) is 3.72. The van der Waals surface area contributed by atoms with Crippen LogP contribution in [-0.2, 0) is 19.7 Å². The smallest absolute Gasteiger partial charge is 0.227 e. The summed E-state index contributed by atoms with van der Waals surface area (Å²) in [4.78, 5) is 23.0. The van der Waals surface area contributed by atoms with Crippen LogP contribution in [0.2, 0.25) is 0 Å². The van der Waals surface area contributed by atoms with E-state index in [4.69, 9.17) is 19.9 Å². The fourth-order valence-corrected chi connectivity index (χ4v) is 27.2. The van der Waals surface area contributed by atoms with Crippen molar-refractivity contribution >= 4 is 107 Å². The monoisotopic (exact) mass is 1140 g/mol. The van der Waals surface area contributed by atoms with Gasteiger partial charge in [0.15, 0.2) is 0 Å². The number of rotatable bonds is 16. The number of hydrogen-bond acceptors (Lipinski definition) is 8. The van der Waals surface area contributed by atoms with E-state index in [2.05, 4.69) is 146 Å². The van der Waals surface area contributed by atoms with E-state index in [1.165, 1.54) is 0 Å². The molecule has 392 valence electrons. The lowest BCUT2D eigenvalue weighted by Gasteiger charge is -2.35. The molecule has 0 fully saturated rings. The highest BCUT2D eigenvalue weighted by Gasteiger charge is 2.49. The normalized spacial score (nSPS) is 12.1. The minimum atomic E-state index is -3.97. The van der Waals surface area contributed by atoms with E-state index in [0.717, 1.165) is 52.1 Å². The maximum atomic E-state index is 14.3. The van der Waals surface area contributed by atoms with E-state index in [9.17, 15) is 16.8 Å². The molecule has 10 aromatic carbocycles. The third-order valence-electron chi connectivity index (χ3n) is 15.4. The van der Waals surface area contributed by atoms with E-state index in [1.807, 2.05) is 85.5 Å². The van der Waals surface area contributed by atoms with Gasteiger partial charge in [-0.25, -0.2) is 16.8 Å². The Labute approximate surface area is 475 Å². The predicted molar refractivity (Wildman–Crippen MR) is 332 cm³/mol. The Kier molecular flexibility index (Phi) is 14.4. The van der Waals surface area contributed by atoms with Crippen molar-refractivity contribution in [3.05, 3.63) is 316 Å². The fourth-order valence-electron chi connectivity index (χ4n) is 11.6. The molecule has 0 amide bonds. The highest BCUT2D eigenvalue weighted by atomic mass is 32.2. The van der Waals surface area contributed by atoms with Crippen molar-refractivity contribution in [3.63, 3.8) is 0 Å². The molecule has 81 heavy (non-hydrogen) atoms. The second-order valence-corrected chi connectivity index (χ2v) is 34.8. The molecule has 13 heteroatoms. The van der Waals surface area contributed by atoms with Gasteiger partial charge in [0.1, 0.15) is 0 Å². The van der Waals surface area contributed by atoms with Crippen LogP contribution in [0.15, 0.2) is 336 Å². The van der Waals surface area contributed by atoms with Crippen LogP contribution in [0.3, 0.4) is 0 Å². The number of aromatic nitrogens is 4. The molecule has 0 aliphatic rings. The fraction of sp³-hybridized carbons (Fsp3) is 0. The summed E-state index contributed by atoms with van der Waals surface area (Å²) in [5, 5.41) is 11.0. The predicted octanol–water partition coefficient (Wildman–Crippen LogP) is 5.06. The molecular weight excluding hydrogens is 1090 g/mol. The summed E-state index contributed by atoms with van der Waals surface area (Å²) in [5.74, 6) is 0. The first-order valence-electron chi connectivity index (χ1n) is 26.5. The average molecular weight is 1140 g/mol. The highest BCUT2D eigenvalue weighted by molar-refractivity contribution is 7.91. The zero-order valence-electron chi connectivity index (χ0n) is 43.8. The molecule has 2 aromatic heterocycles. The summed E-state index contributed by atoms with van der Waals surface area (Å²) in [7, 11) is -18.2. The zero-order valence-corrected chi connectivity index (χ0v) is 48.4. The minimum absolute atomic E-state index is 0.112. The summed E-state index contributed by atoms with van der Waals surface area (Å²) in [6.07, 6.45) is 7.57. The molecule has 2 heterocycles. The van der Waals surface area contributed by atoms with E-state index in [1.54, 1.807) is 84.9 Å². The van der Waals surface area contributed by atoms with Crippen LogP contribution < -0.4 is 62.8 Å². The summed E-state index contributed by atoms with van der Waals surface area (Å²) in [5.41, 5.74) is 0. The maximum Gasteiger partial charge on any atom is 0.227 e. The SMILES string of the molecule is O=S(=O)(c1ccccc1)c1ccc([Si](c2ccc(S(=O)(=O)c3ccccc3)cc2)(c2cnc([Si](c3ccccc3)(c3ccccc3)c3ccccc3)cn2)c2cnc([Si](c3ccccc3)(c3ccccc3)c3ccccc3)cn2)cc1. The largest absolute Gasteiger partial charge is 0.262 e. The van der Waals surface area contributed by atoms with E-state index >= 15 is 0 Å². The molecule has 0 unspecified atom stereocenters. The van der Waals surface area contributed by atoms with Crippen molar-refractivity contribution in [2.75, 3.05) is 0 Å². The van der Waals surface area contributed by atoms with Crippen LogP contribution in [0.4, 0.5) is 0 Å². The number of benzene rings is 10. The Morgan fingerprint density at radius 1 is 0.198 bits per heavy atom. The van der Waals surface area contributed by atoms with Crippen LogP contribution in [0.1, 0.15) is 0 Å². The summed E-state index contributed by atoms with van der Waals surface area (Å²) >= 11 is 0. The highest BCUT2D eigenvalue weighted by Crippen LogP contribution is 2.23. The van der Waals surface area contributed by atoms with Crippen molar-refractivity contribution in [2.45, 2.75) is 19.6 Å². The molecule has 0 spiro atoms. The first kappa shape index (κ1) is 52.6. The minimum Gasteiger partial charge on any atom is -0.262 e. The number of hydrogen-bond donors (Lipinski definition) is 0. The van der Waals surface area contributed by atoms with E-state index < -0.39 is 43.9 Å². The maximum absolute atomic E-state index is 14.3. The Morgan fingerprint density at radius 2 is 0.370 bits per heavy atom. The van der Waals surface area contributed by atoms with Crippen molar-refractivity contribution in [1.82, 2.24) is 19.9 Å². The Bertz CT molecular complexity index is 3830. The quantitative estimate of drug-likeness (QED) is 0.0974. The first-order valence-corrected chi connectivity index (χ1v) is 35.5. The molecule has 0 N–H and O–H groups in total. The van der Waals surface area contributed by atoms with Gasteiger partial charge < -0.3 is 0 Å². The second-order valence-electron chi connectivity index (χ2n) is 19.7. The van der Waals surface area contributed by atoms with Crippen molar-refractivity contribution in [2.24, 2.45) is 0 Å². The molecule has 0 saturated heterocycles. The van der Waals surface area contributed by atoms with Crippen molar-refractivity contribution in [1.29, 1.82) is 0 Å². The topological polar surface area (TPSA) is 120 Å². The zero-order chi connectivity index (χ0) is 55.3. The van der Waals surface area contributed by atoms with Gasteiger partial charge in [0.05, 0.1) is 40.9 Å². The van der Waals surface area contributed by atoms with E-state index in [-0.39, 0.29) is 19.6 Å². The van der Waals surface area contributed by atoms with Gasteiger partial charge in [-0.3, -0.25) is 19.9 Å². The van der Waals surface area contributed by atoms with Gasteiger partial charge in [0, 0.05) is 24.8 Å². The van der Waals surface area contributed by atoms with Crippen molar-refractivity contribution in [3.8, 4) is 0 Å². The first-order chi connectivity index (χ1) is 39.7. The molecule has 0 radical (unpaired) electrons. The van der Waals surface area contributed by atoms with Gasteiger partial charge in [-0.2, -0.15) is 0 Å². The molecular formula is C68H52N4O4S2Si3. The molecule has 0 atom stereocenters. The number of nitrogens with zero attached hydrogens (tertiary/aromatic N) is 4. The van der Waals surface area contributed by atoms with Crippen LogP contribution in [0.25, 0.3) is 0 Å². The standard InChI is InChI=1S/C68H52N4O4S2Si3/c73-77(74,53-25-9-1-10-26-53)55-41-45-63(46-42-55)81(64-47-43-56(44-48-64)78(75,76)54-27-11-2-12-28-54,67-51-69-65(49-71-67)79(57-29-13-3-14-30-57,58-31-15-4-16-32-58)59-33-17-5-18-34-59)68-52-70-66(50-72-68)80(60-35-19-6-20-36-60,61-37-21-7-22-38-61)62-39-23-8-24-40-62/h1-52H. The van der Waals surface area contributed by atoms with Gasteiger partial charge >= 0.3 is 0 Å². The lowest BCUT2D eigenvalue weighted by molar-refractivity contribution is 0.594. The van der Waals surface area contributed by atoms with Crippen LogP contribution in [0, 0.1) is 0 Å². The molecule has 0 saturated carbocycles. The van der Waals surface area contributed by atoms with E-state index in [0.29, 0.717) is 10.6 Å². The Balaban J connectivity index is 1.15. The molecule has 0 aliphatic heterocycles. The summed E-state index contributed by atoms with van der Waals surface area (Å²) in [6.45, 7) is 0. The second kappa shape index (κ2) is 22.2. The molecule has 0 aliphatic carbocycles. The van der Waals surface area contributed by atoms with Gasteiger partial charge in [-0.15, -0.1) is 0 Å². The van der Waals surface area contributed by atoms with Gasteiger partial charge in [0.2, 0.25) is 43.9 Å². The molecule has 0 bridgehead atoms. The van der Waals surface area contributed by atoms with Crippen LogP contribution in [0.5, 0.6) is 0 Å². The molecule has 8 nitrogen and oxygen atoms in total. The summed E-state index contributed by atoms with van der Waals surface area (Å²) < 4.78 is 57.3. The van der Waals surface area contributed by atoms with Gasteiger partial charge in [-0.1, -0.05) is 243 Å². The van der Waals surface area contributed by atoms with Crippen LogP contribution in [-0.4, -0.2) is 61.0 Å². The lowest BCUT2D eigenvalue weighted by atomic mass is 10.3. The van der Waals surface area contributed by atoms with Gasteiger partial charge in [-0.05, 0) is 90.0 Å². The third kappa shape index (κ3) is 9.24. The van der Waals surface area contributed by atoms with Gasteiger partial charge in [0.25, 0.3) is 0 Å². The Morgan fingerprint density at radius 3 is 0.580 bits per heavy atom. The third-order valence-corrected chi connectivity index (χ3v) is 32.7. The van der Waals surface area contributed by atoms with Crippen LogP contribution >= 0.6 is 0 Å². The molecule has 12 rings (SSSR count). The lowest BCUT2D eigenvalue weighted by Crippen LogP contribution is -2.79. The number of sulfone groups is 2. The molecule has 12 aromatic rings. The Hall–Kier alpha value is -9.09. The summed E-state index contributed by atoms with van der Waals surface area (Å²) in [6, 6.07) is 93.9. The van der Waals surface area contributed by atoms with Crippen molar-refractivity contribution < 1.29 is 16.8 Å².